The number of guanidine groups is 1. The highest BCUT2D eigenvalue weighted by Crippen LogP contribution is 2.29. The maximum Gasteiger partial charge on any atom is 0.246 e. The maximum absolute atomic E-state index is 14.6. The van der Waals surface area contributed by atoms with Gasteiger partial charge in [0.25, 0.3) is 0 Å². The fourth-order valence-corrected chi connectivity index (χ4v) is 9.94. The summed E-state index contributed by atoms with van der Waals surface area (Å²) in [6, 6.07) is 4.84. The summed E-state index contributed by atoms with van der Waals surface area (Å²) in [6.45, 7) is 1.78. The van der Waals surface area contributed by atoms with Gasteiger partial charge in [-0.05, 0) is 62.3 Å². The van der Waals surface area contributed by atoms with E-state index < -0.39 is 126 Å². The number of aliphatic imine (C=N–C) groups is 1. The maximum atomic E-state index is 14.6. The first-order valence-electron chi connectivity index (χ1n) is 22.8. The number of benzene rings is 2. The molecule has 2 aliphatic rings. The molecular formula is C45H63N13O11S2. The molecule has 0 saturated carbocycles. The van der Waals surface area contributed by atoms with Crippen LogP contribution in [0.1, 0.15) is 63.0 Å². The first kappa shape index (κ1) is 56.5. The molecule has 2 aromatic rings. The number of rotatable bonds is 17. The Morgan fingerprint density at radius 2 is 1.35 bits per heavy atom. The number of primary amides is 2. The lowest BCUT2D eigenvalue weighted by Gasteiger charge is -2.30. The van der Waals surface area contributed by atoms with Crippen LogP contribution in [0.3, 0.4) is 0 Å². The van der Waals surface area contributed by atoms with Gasteiger partial charge in [0.15, 0.2) is 5.96 Å². The van der Waals surface area contributed by atoms with Gasteiger partial charge in [-0.2, -0.15) is 0 Å². The predicted molar refractivity (Wildman–Crippen MR) is 264 cm³/mol. The van der Waals surface area contributed by atoms with Crippen LogP contribution in [0.2, 0.25) is 0 Å². The number of nitrogens with one attached hydrogen (secondary N) is 7. The number of phenolic OH excluding ortho intramolecular Hbond substituents is 1. The van der Waals surface area contributed by atoms with Crippen molar-refractivity contribution in [2.24, 2.45) is 27.9 Å². The number of likely N-dealkylation sites (N-methyl/N-ethyl adjacent to an activating group) is 1. The fraction of sp³-hybridized carbons (Fsp3) is 0.489. The Morgan fingerprint density at radius 3 is 1.96 bits per heavy atom. The first-order valence-corrected chi connectivity index (χ1v) is 25.2. The highest BCUT2D eigenvalue weighted by atomic mass is 33.1. The van der Waals surface area contributed by atoms with E-state index in [0.717, 1.165) is 21.6 Å². The van der Waals surface area contributed by atoms with Crippen molar-refractivity contribution in [2.75, 3.05) is 25.9 Å². The summed E-state index contributed by atoms with van der Waals surface area (Å²) < 4.78 is 0. The van der Waals surface area contributed by atoms with Crippen molar-refractivity contribution in [3.05, 3.63) is 65.7 Å². The van der Waals surface area contributed by atoms with Crippen LogP contribution in [-0.2, 0) is 60.8 Å². The Hall–Kier alpha value is -7.09. The molecule has 24 nitrogen and oxygen atoms in total. The third-order valence-corrected chi connectivity index (χ3v) is 14.2. The van der Waals surface area contributed by atoms with E-state index in [1.54, 1.807) is 42.5 Å². The molecule has 2 aliphatic heterocycles. The molecule has 1 unspecified atom stereocenters. The fourth-order valence-electron chi connectivity index (χ4n) is 7.63. The van der Waals surface area contributed by atoms with Gasteiger partial charge in [-0.1, -0.05) is 64.1 Å². The zero-order valence-corrected chi connectivity index (χ0v) is 41.0. The number of carbonyl (C=O) groups is 10. The summed E-state index contributed by atoms with van der Waals surface area (Å²) in [5.41, 5.74) is 22.9. The summed E-state index contributed by atoms with van der Waals surface area (Å²) in [4.78, 5) is 141. The number of nitrogens with two attached hydrogens (primary N) is 4. The number of aromatic hydroxyl groups is 1. The Morgan fingerprint density at radius 1 is 0.775 bits per heavy atom. The molecule has 71 heavy (non-hydrogen) atoms. The van der Waals surface area contributed by atoms with E-state index in [9.17, 15) is 53.1 Å². The minimum Gasteiger partial charge on any atom is -0.508 e. The standard InChI is InChI=1S/C45H63N13O11S2/c1-24-37(62)54-30(21-26-12-14-27(59)15-13-26)41(66)55-31(20-25-8-4-3-5-9-25)40(65)52-29(16-17-35(46)60)39(64)56-32(22-36(47)61)42(67)57-33(23-70-71-24)44(69)58-19-7-11-34(58)43(68)53-28(38(63)50-2)10-6-18-51-45(48)49/h3-5,8-9,12-15,24,28-34,59H,6-7,10-11,16-23H2,1-2H3,(H2,46,60)(H2,47,61)(H,50,63)(H,52,65)(H,53,68)(H,54,62)(H,55,66)(H,56,64)(H,57,67)(H4,48,49,51)/t24?,28-,29-,30-,31-,32-,33-,34-/m0/s1. The number of likely N-dealkylation sites (tertiary alicyclic amines) is 1. The van der Waals surface area contributed by atoms with E-state index >= 15 is 0 Å². The molecule has 16 N–H and O–H groups in total. The van der Waals surface area contributed by atoms with E-state index in [1.807, 2.05) is 0 Å². The van der Waals surface area contributed by atoms with Crippen molar-refractivity contribution in [3.8, 4) is 5.75 Å². The van der Waals surface area contributed by atoms with Crippen LogP contribution in [0.5, 0.6) is 5.75 Å². The number of amides is 10. The van der Waals surface area contributed by atoms with Gasteiger partial charge < -0.3 is 70.2 Å². The van der Waals surface area contributed by atoms with Crippen molar-refractivity contribution in [1.29, 1.82) is 0 Å². The summed E-state index contributed by atoms with van der Waals surface area (Å²) >= 11 is 0. The van der Waals surface area contributed by atoms with Crippen LogP contribution in [0.15, 0.2) is 59.6 Å². The lowest BCUT2D eigenvalue weighted by molar-refractivity contribution is -0.142. The van der Waals surface area contributed by atoms with Crippen LogP contribution in [0.25, 0.3) is 0 Å². The molecule has 26 heteroatoms. The Labute approximate surface area is 417 Å². The van der Waals surface area contributed by atoms with Crippen LogP contribution in [0, 0.1) is 0 Å². The summed E-state index contributed by atoms with van der Waals surface area (Å²) in [6.07, 6.45) is -0.795. The molecule has 0 aliphatic carbocycles. The van der Waals surface area contributed by atoms with Gasteiger partial charge in [-0.3, -0.25) is 52.9 Å². The topological polar surface area (TPSA) is 395 Å². The van der Waals surface area contributed by atoms with Crippen molar-refractivity contribution < 1.29 is 53.1 Å². The SMILES string of the molecule is CNC(=O)[C@H](CCCN=C(N)N)NC(=O)[C@@H]1CCCN1C(=O)[C@@H]1CSSC(C)C(=O)N[C@@H](Cc2ccc(O)cc2)C(=O)N[C@@H](Cc2ccccc2)C(=O)N[C@@H](CCC(N)=O)C(=O)N[C@@H](CC(N)=O)C(=O)N1. The van der Waals surface area contributed by atoms with Gasteiger partial charge in [0, 0.05) is 45.2 Å². The minimum absolute atomic E-state index is 0.0429. The third kappa shape index (κ3) is 18.3. The van der Waals surface area contributed by atoms with E-state index in [4.69, 9.17) is 22.9 Å². The summed E-state index contributed by atoms with van der Waals surface area (Å²) in [5, 5.41) is 27.2. The molecule has 2 saturated heterocycles. The number of phenols is 1. The average Bonchev–Trinajstić information content (AvgIpc) is 3.83. The Kier molecular flexibility index (Phi) is 22.2. The molecule has 10 amide bonds. The second-order valence-electron chi connectivity index (χ2n) is 16.9. The van der Waals surface area contributed by atoms with Gasteiger partial charge in [0.2, 0.25) is 59.1 Å². The smallest absolute Gasteiger partial charge is 0.246 e. The van der Waals surface area contributed by atoms with Gasteiger partial charge >= 0.3 is 0 Å². The summed E-state index contributed by atoms with van der Waals surface area (Å²) in [5.74, 6) is -8.65. The second kappa shape index (κ2) is 27.9. The largest absolute Gasteiger partial charge is 0.508 e. The summed E-state index contributed by atoms with van der Waals surface area (Å²) in [7, 11) is 3.37. The molecule has 2 aromatic carbocycles. The second-order valence-corrected chi connectivity index (χ2v) is 19.6. The number of hydrogen-bond donors (Lipinski definition) is 12. The van der Waals surface area contributed by atoms with E-state index in [0.29, 0.717) is 24.0 Å². The van der Waals surface area contributed by atoms with Gasteiger partial charge in [0.05, 0.1) is 11.7 Å². The van der Waals surface area contributed by atoms with Crippen LogP contribution in [0.4, 0.5) is 0 Å². The quantitative estimate of drug-likeness (QED) is 0.0321. The average molecular weight is 1030 g/mol. The number of carbonyl (C=O) groups excluding carboxylic acids is 10. The van der Waals surface area contributed by atoms with Gasteiger partial charge in [-0.15, -0.1) is 0 Å². The first-order chi connectivity index (χ1) is 33.8. The molecule has 386 valence electrons. The van der Waals surface area contributed by atoms with Crippen LogP contribution in [-0.4, -0.2) is 148 Å². The normalized spacial score (nSPS) is 23.1. The van der Waals surface area contributed by atoms with E-state index in [-0.39, 0.29) is 56.2 Å². The highest BCUT2D eigenvalue weighted by Gasteiger charge is 2.40. The number of hydrogen-bond acceptors (Lipinski definition) is 14. The monoisotopic (exact) mass is 1030 g/mol. The molecule has 0 aromatic heterocycles. The third-order valence-electron chi connectivity index (χ3n) is 11.4. The minimum atomic E-state index is -1.75. The number of nitrogens with zero attached hydrogens (tertiary/aromatic N) is 2. The van der Waals surface area contributed by atoms with Gasteiger partial charge in [0.1, 0.15) is 48.0 Å². The lowest BCUT2D eigenvalue weighted by Crippen LogP contribution is -2.61. The van der Waals surface area contributed by atoms with Crippen LogP contribution >= 0.6 is 21.6 Å². The molecule has 4 rings (SSSR count). The van der Waals surface area contributed by atoms with Crippen molar-refractivity contribution in [1.82, 2.24) is 42.1 Å². The molecule has 2 heterocycles. The highest BCUT2D eigenvalue weighted by molar-refractivity contribution is 8.77. The molecule has 8 atom stereocenters. The van der Waals surface area contributed by atoms with Crippen molar-refractivity contribution >= 4 is 86.6 Å². The van der Waals surface area contributed by atoms with Crippen LogP contribution < -0.4 is 60.2 Å². The van der Waals surface area contributed by atoms with E-state index in [2.05, 4.69) is 42.2 Å². The molecular weight excluding hydrogens is 963 g/mol. The molecule has 0 radical (unpaired) electrons. The van der Waals surface area contributed by atoms with Crippen molar-refractivity contribution in [2.45, 2.75) is 112 Å². The zero-order chi connectivity index (χ0) is 52.2. The Bertz CT molecular complexity index is 2270. The zero-order valence-electron chi connectivity index (χ0n) is 39.4. The van der Waals surface area contributed by atoms with E-state index in [1.165, 1.54) is 31.0 Å². The van der Waals surface area contributed by atoms with Crippen molar-refractivity contribution in [3.63, 3.8) is 0 Å². The molecule has 0 bridgehead atoms. The predicted octanol–water partition coefficient (Wildman–Crippen LogP) is -3.20. The Balaban J connectivity index is 1.72. The lowest BCUT2D eigenvalue weighted by atomic mass is 10.0. The van der Waals surface area contributed by atoms with Gasteiger partial charge in [-0.25, -0.2) is 0 Å². The molecule has 0 spiro atoms. The molecule has 2 fully saturated rings.